The summed E-state index contributed by atoms with van der Waals surface area (Å²) < 4.78 is 46.1. The molecule has 1 aromatic rings. The van der Waals surface area contributed by atoms with Crippen LogP contribution in [0.25, 0.3) is 0 Å². The molecular weight excluding hydrogens is 315 g/mol. The first-order valence-electron chi connectivity index (χ1n) is 6.37. The van der Waals surface area contributed by atoms with Gasteiger partial charge in [-0.15, -0.1) is 0 Å². The summed E-state index contributed by atoms with van der Waals surface area (Å²) in [5, 5.41) is 0. The zero-order valence-electron chi connectivity index (χ0n) is 11.8. The molecule has 2 rings (SSSR count). The molecule has 0 unspecified atom stereocenters. The summed E-state index contributed by atoms with van der Waals surface area (Å²) in [6.45, 7) is 4.27. The molecule has 0 amide bonds. The Labute approximate surface area is 128 Å². The minimum atomic E-state index is -3.89. The van der Waals surface area contributed by atoms with Crippen molar-refractivity contribution in [1.82, 2.24) is 4.31 Å². The molecule has 2 N–H and O–H groups in total. The maximum Gasteiger partial charge on any atom is 0.244 e. The molecule has 116 valence electrons. The third-order valence-corrected chi connectivity index (χ3v) is 5.32. The molecule has 0 bridgehead atoms. The Balaban J connectivity index is 2.50. The highest BCUT2D eigenvalue weighted by molar-refractivity contribution is 7.89. The van der Waals surface area contributed by atoms with Crippen molar-refractivity contribution < 1.29 is 17.5 Å². The zero-order valence-corrected chi connectivity index (χ0v) is 13.4. The molecule has 1 aliphatic rings. The lowest BCUT2D eigenvalue weighted by Gasteiger charge is -2.37. The van der Waals surface area contributed by atoms with Gasteiger partial charge < -0.3 is 10.5 Å². The maximum absolute atomic E-state index is 13.9. The minimum Gasteiger partial charge on any atom is -0.389 e. The van der Waals surface area contributed by atoms with Gasteiger partial charge in [-0.25, -0.2) is 12.8 Å². The van der Waals surface area contributed by atoms with Crippen LogP contribution < -0.4 is 5.73 Å². The fourth-order valence-electron chi connectivity index (χ4n) is 2.28. The number of sulfonamides is 1. The van der Waals surface area contributed by atoms with Crippen LogP contribution >= 0.6 is 12.2 Å². The van der Waals surface area contributed by atoms with Gasteiger partial charge >= 0.3 is 0 Å². The molecule has 1 saturated heterocycles. The third kappa shape index (κ3) is 3.23. The van der Waals surface area contributed by atoms with Gasteiger partial charge in [0.05, 0.1) is 22.7 Å². The highest BCUT2D eigenvalue weighted by atomic mass is 32.2. The number of nitrogens with zero attached hydrogens (tertiary/aromatic N) is 1. The molecule has 0 saturated carbocycles. The number of benzene rings is 1. The van der Waals surface area contributed by atoms with E-state index in [4.69, 9.17) is 22.7 Å². The molecule has 1 aromatic carbocycles. The van der Waals surface area contributed by atoms with Gasteiger partial charge in [-0.1, -0.05) is 18.3 Å². The number of rotatable bonds is 3. The van der Waals surface area contributed by atoms with Crippen LogP contribution in [0.2, 0.25) is 0 Å². The summed E-state index contributed by atoms with van der Waals surface area (Å²) in [4.78, 5) is -0.480. The van der Waals surface area contributed by atoms with E-state index in [1.165, 1.54) is 16.4 Å². The lowest BCUT2D eigenvalue weighted by molar-refractivity contribution is -0.0640. The summed E-state index contributed by atoms with van der Waals surface area (Å²) in [5.74, 6) is -0.740. The molecule has 1 aliphatic heterocycles. The monoisotopic (exact) mass is 332 g/mol. The fourth-order valence-corrected chi connectivity index (χ4v) is 4.34. The van der Waals surface area contributed by atoms with Crippen molar-refractivity contribution in [3.8, 4) is 0 Å². The number of nitrogens with two attached hydrogens (primary N) is 1. The number of ether oxygens (including phenoxy) is 1. The third-order valence-electron chi connectivity index (χ3n) is 3.23. The molecular formula is C13H17FN2O3S2. The molecule has 0 aliphatic carbocycles. The van der Waals surface area contributed by atoms with E-state index in [-0.39, 0.29) is 35.1 Å². The Morgan fingerprint density at radius 2 is 2.14 bits per heavy atom. The maximum atomic E-state index is 13.9. The van der Waals surface area contributed by atoms with Crippen molar-refractivity contribution in [2.75, 3.05) is 19.7 Å². The predicted molar refractivity (Wildman–Crippen MR) is 81.1 cm³/mol. The zero-order chi connectivity index (χ0) is 15.8. The first kappa shape index (κ1) is 16.3. The highest BCUT2D eigenvalue weighted by Crippen LogP contribution is 2.26. The predicted octanol–water partition coefficient (Wildman–Crippen LogP) is 1.26. The van der Waals surface area contributed by atoms with E-state index >= 15 is 0 Å². The Morgan fingerprint density at radius 1 is 1.48 bits per heavy atom. The van der Waals surface area contributed by atoms with Gasteiger partial charge in [-0.2, -0.15) is 4.31 Å². The second-order valence-electron chi connectivity index (χ2n) is 5.42. The van der Waals surface area contributed by atoms with Crippen LogP contribution in [0, 0.1) is 5.82 Å². The summed E-state index contributed by atoms with van der Waals surface area (Å²) in [5.41, 5.74) is 4.64. The molecule has 21 heavy (non-hydrogen) atoms. The van der Waals surface area contributed by atoms with Crippen molar-refractivity contribution in [2.45, 2.75) is 24.3 Å². The number of halogens is 1. The Kier molecular flexibility index (Phi) is 4.34. The normalized spacial score (nSPS) is 19.4. The van der Waals surface area contributed by atoms with Crippen LogP contribution in [0.1, 0.15) is 19.4 Å². The van der Waals surface area contributed by atoms with Gasteiger partial charge in [-0.3, -0.25) is 0 Å². The summed E-state index contributed by atoms with van der Waals surface area (Å²) in [6, 6.07) is 3.78. The van der Waals surface area contributed by atoms with E-state index in [1.807, 2.05) is 0 Å². The van der Waals surface area contributed by atoms with Gasteiger partial charge in [0, 0.05) is 13.1 Å². The molecule has 0 radical (unpaired) electrons. The Morgan fingerprint density at radius 3 is 2.71 bits per heavy atom. The van der Waals surface area contributed by atoms with E-state index in [1.54, 1.807) is 13.8 Å². The standard InChI is InChI=1S/C13H17FN2O3S2/c1-13(2)8-16(6-7-19-13)21(17,18)10-5-3-4-9(14)11(10)12(15)20/h3-5H,6-8H2,1-2H3,(H2,15,20). The van der Waals surface area contributed by atoms with Gasteiger partial charge in [0.15, 0.2) is 0 Å². The molecule has 5 nitrogen and oxygen atoms in total. The van der Waals surface area contributed by atoms with Crippen molar-refractivity contribution >= 4 is 27.2 Å². The Bertz CT molecular complexity index is 674. The topological polar surface area (TPSA) is 72.6 Å². The van der Waals surface area contributed by atoms with E-state index in [0.717, 1.165) is 6.07 Å². The van der Waals surface area contributed by atoms with Crippen molar-refractivity contribution in [1.29, 1.82) is 0 Å². The SMILES string of the molecule is CC1(C)CN(S(=O)(=O)c2cccc(F)c2C(N)=S)CCO1. The van der Waals surface area contributed by atoms with Crippen molar-refractivity contribution in [3.63, 3.8) is 0 Å². The molecule has 1 heterocycles. The van der Waals surface area contributed by atoms with Gasteiger partial charge in [0.25, 0.3) is 0 Å². The average molecular weight is 332 g/mol. The van der Waals surface area contributed by atoms with Crippen molar-refractivity contribution in [3.05, 3.63) is 29.6 Å². The van der Waals surface area contributed by atoms with Gasteiger partial charge in [0.1, 0.15) is 10.8 Å². The smallest absolute Gasteiger partial charge is 0.244 e. The number of morpholine rings is 1. The Hall–Kier alpha value is -1.09. The lowest BCUT2D eigenvalue weighted by Crippen LogP contribution is -2.50. The minimum absolute atomic E-state index is 0.183. The van der Waals surface area contributed by atoms with Crippen LogP contribution in [0.5, 0.6) is 0 Å². The lowest BCUT2D eigenvalue weighted by atomic mass is 10.1. The second kappa shape index (κ2) is 5.60. The van der Waals surface area contributed by atoms with Crippen LogP contribution in [0.15, 0.2) is 23.1 Å². The number of thiocarbonyl (C=S) groups is 1. The highest BCUT2D eigenvalue weighted by Gasteiger charge is 2.36. The summed E-state index contributed by atoms with van der Waals surface area (Å²) in [7, 11) is -3.89. The number of hydrogen-bond donors (Lipinski definition) is 1. The van der Waals surface area contributed by atoms with Crippen LogP contribution in [0.3, 0.4) is 0 Å². The molecule has 0 spiro atoms. The van der Waals surface area contributed by atoms with Crippen molar-refractivity contribution in [2.24, 2.45) is 5.73 Å². The van der Waals surface area contributed by atoms with Gasteiger partial charge in [0.2, 0.25) is 10.0 Å². The fraction of sp³-hybridized carbons (Fsp3) is 0.462. The van der Waals surface area contributed by atoms with E-state index in [9.17, 15) is 12.8 Å². The van der Waals surface area contributed by atoms with Crippen LogP contribution in [0.4, 0.5) is 4.39 Å². The molecule has 0 aromatic heterocycles. The quantitative estimate of drug-likeness (QED) is 0.844. The first-order chi connectivity index (χ1) is 9.65. The molecule has 8 heteroatoms. The van der Waals surface area contributed by atoms with Gasteiger partial charge in [-0.05, 0) is 26.0 Å². The summed E-state index contributed by atoms with van der Waals surface area (Å²) >= 11 is 4.78. The average Bonchev–Trinajstić information content (AvgIpc) is 2.36. The first-order valence-corrected chi connectivity index (χ1v) is 8.22. The molecule has 1 fully saturated rings. The van der Waals surface area contributed by atoms with E-state index in [2.05, 4.69) is 0 Å². The second-order valence-corrected chi connectivity index (χ2v) is 7.77. The molecule has 0 atom stereocenters. The summed E-state index contributed by atoms with van der Waals surface area (Å²) in [6.07, 6.45) is 0. The van der Waals surface area contributed by atoms with E-state index in [0.29, 0.717) is 0 Å². The number of hydrogen-bond acceptors (Lipinski definition) is 4. The van der Waals surface area contributed by atoms with Crippen LogP contribution in [-0.2, 0) is 14.8 Å². The largest absolute Gasteiger partial charge is 0.389 e. The van der Waals surface area contributed by atoms with E-state index < -0.39 is 21.4 Å². The van der Waals surface area contributed by atoms with Crippen LogP contribution in [-0.4, -0.2) is 43.0 Å².